The van der Waals surface area contributed by atoms with Crippen LogP contribution in [0.5, 0.6) is 0 Å². The third-order valence-electron chi connectivity index (χ3n) is 1.40. The van der Waals surface area contributed by atoms with Crippen molar-refractivity contribution in [2.45, 2.75) is 26.8 Å². The molecule has 0 aliphatic rings. The molecule has 15 heavy (non-hydrogen) atoms. The first-order chi connectivity index (χ1) is 7.06. The van der Waals surface area contributed by atoms with E-state index < -0.39 is 0 Å². The van der Waals surface area contributed by atoms with Gasteiger partial charge in [-0.2, -0.15) is 0 Å². The Morgan fingerprint density at radius 1 is 1.53 bits per heavy atom. The maximum Gasteiger partial charge on any atom is 0.302 e. The second kappa shape index (κ2) is 7.63. The van der Waals surface area contributed by atoms with E-state index in [2.05, 4.69) is 21.9 Å². The van der Waals surface area contributed by atoms with Gasteiger partial charge in [0.2, 0.25) is 0 Å². The summed E-state index contributed by atoms with van der Waals surface area (Å²) < 4.78 is 4.68. The third-order valence-corrected chi connectivity index (χ3v) is 1.40. The van der Waals surface area contributed by atoms with Gasteiger partial charge in [-0.15, -0.1) is 0 Å². The molecule has 1 amide bonds. The molecule has 0 heterocycles. The van der Waals surface area contributed by atoms with Crippen molar-refractivity contribution in [3.8, 4) is 11.8 Å². The van der Waals surface area contributed by atoms with E-state index in [9.17, 15) is 9.59 Å². The van der Waals surface area contributed by atoms with Crippen LogP contribution in [0.2, 0.25) is 0 Å². The van der Waals surface area contributed by atoms with Gasteiger partial charge in [-0.05, 0) is 25.8 Å². The lowest BCUT2D eigenvalue weighted by Gasteiger charge is -2.05. The summed E-state index contributed by atoms with van der Waals surface area (Å²) in [7, 11) is 0. The van der Waals surface area contributed by atoms with Crippen LogP contribution in [0.1, 0.15) is 20.8 Å². The monoisotopic (exact) mass is 209 g/mol. The van der Waals surface area contributed by atoms with E-state index >= 15 is 0 Å². The van der Waals surface area contributed by atoms with Crippen molar-refractivity contribution in [1.29, 1.82) is 0 Å². The first-order valence-corrected chi connectivity index (χ1v) is 4.59. The van der Waals surface area contributed by atoms with Gasteiger partial charge < -0.3 is 10.1 Å². The average molecular weight is 209 g/mol. The molecule has 0 aromatic rings. The number of hydrogen-bond donors (Lipinski definition) is 1. The lowest BCUT2D eigenvalue weighted by atomic mass is 10.3. The molecule has 4 nitrogen and oxygen atoms in total. The zero-order valence-corrected chi connectivity index (χ0v) is 9.16. The average Bonchev–Trinajstić information content (AvgIpc) is 2.12. The molecule has 1 unspecified atom stereocenters. The van der Waals surface area contributed by atoms with E-state index in [0.29, 0.717) is 0 Å². The summed E-state index contributed by atoms with van der Waals surface area (Å²) in [6.07, 6.45) is 3.41. The van der Waals surface area contributed by atoms with Gasteiger partial charge in [-0.25, -0.2) is 0 Å². The largest absolute Gasteiger partial charge is 0.462 e. The molecule has 0 aromatic carbocycles. The molecule has 0 rings (SSSR count). The van der Waals surface area contributed by atoms with Gasteiger partial charge in [0, 0.05) is 13.0 Å². The summed E-state index contributed by atoms with van der Waals surface area (Å²) in [6.45, 7) is 4.96. The van der Waals surface area contributed by atoms with Crippen LogP contribution in [0.25, 0.3) is 0 Å². The number of carbonyl (C=O) groups excluding carboxylic acids is 2. The van der Waals surface area contributed by atoms with Gasteiger partial charge in [0.1, 0.15) is 6.61 Å². The molecule has 0 saturated carbocycles. The zero-order valence-electron chi connectivity index (χ0n) is 9.16. The molecule has 4 heteroatoms. The Morgan fingerprint density at radius 3 is 2.73 bits per heavy atom. The van der Waals surface area contributed by atoms with Gasteiger partial charge in [0.05, 0.1) is 0 Å². The molecule has 82 valence electrons. The molecule has 0 aromatic heterocycles. The number of esters is 1. The molecular weight excluding hydrogens is 194 g/mol. The van der Waals surface area contributed by atoms with Crippen LogP contribution in [0.4, 0.5) is 0 Å². The van der Waals surface area contributed by atoms with Crippen molar-refractivity contribution >= 4 is 11.9 Å². The topological polar surface area (TPSA) is 55.4 Å². The van der Waals surface area contributed by atoms with Crippen molar-refractivity contribution in [3.63, 3.8) is 0 Å². The van der Waals surface area contributed by atoms with Gasteiger partial charge in [0.15, 0.2) is 0 Å². The molecule has 0 aliphatic carbocycles. The zero-order chi connectivity index (χ0) is 11.7. The van der Waals surface area contributed by atoms with E-state index in [0.717, 1.165) is 0 Å². The van der Waals surface area contributed by atoms with Crippen molar-refractivity contribution in [1.82, 2.24) is 5.32 Å². The van der Waals surface area contributed by atoms with Gasteiger partial charge in [0.25, 0.3) is 5.91 Å². The van der Waals surface area contributed by atoms with Crippen LogP contribution in [-0.2, 0) is 14.3 Å². The molecule has 0 bridgehead atoms. The number of carbonyl (C=O) groups is 2. The van der Waals surface area contributed by atoms with E-state index in [1.54, 1.807) is 26.0 Å². The highest BCUT2D eigenvalue weighted by atomic mass is 16.5. The third kappa shape index (κ3) is 8.57. The van der Waals surface area contributed by atoms with Crippen LogP contribution in [0, 0.1) is 11.8 Å². The Balaban J connectivity index is 3.80. The summed E-state index contributed by atoms with van der Waals surface area (Å²) in [5.41, 5.74) is 0. The van der Waals surface area contributed by atoms with Crippen LogP contribution in [0.15, 0.2) is 12.2 Å². The molecule has 0 fully saturated rings. The number of hydrogen-bond acceptors (Lipinski definition) is 3. The second-order valence-corrected chi connectivity index (χ2v) is 2.87. The number of rotatable bonds is 4. The second-order valence-electron chi connectivity index (χ2n) is 2.87. The van der Waals surface area contributed by atoms with Crippen molar-refractivity contribution in [2.24, 2.45) is 0 Å². The predicted octanol–water partition coefficient (Wildman–Crippen LogP) is 0.634. The normalized spacial score (nSPS) is 11.4. The molecule has 1 atom stereocenters. The Hall–Kier alpha value is -1.76. The fourth-order valence-corrected chi connectivity index (χ4v) is 0.830. The summed E-state index contributed by atoms with van der Waals surface area (Å²) in [5.74, 6) is 4.22. The van der Waals surface area contributed by atoms with Crippen molar-refractivity contribution in [3.05, 3.63) is 12.2 Å². The lowest BCUT2D eigenvalue weighted by molar-refractivity contribution is -0.139. The smallest absolute Gasteiger partial charge is 0.302 e. The SMILES string of the molecule is CC#CC(=O)NC(C)/C=C/COC(C)=O. The van der Waals surface area contributed by atoms with Crippen LogP contribution >= 0.6 is 0 Å². The molecule has 0 radical (unpaired) electrons. The number of nitrogens with one attached hydrogen (secondary N) is 1. The van der Waals surface area contributed by atoms with Gasteiger partial charge in [-0.3, -0.25) is 9.59 Å². The fourth-order valence-electron chi connectivity index (χ4n) is 0.830. The number of ether oxygens (including phenoxy) is 1. The summed E-state index contributed by atoms with van der Waals surface area (Å²) in [5, 5.41) is 2.63. The predicted molar refractivity (Wildman–Crippen MR) is 56.8 cm³/mol. The Kier molecular flexibility index (Phi) is 6.73. The van der Waals surface area contributed by atoms with E-state index in [1.807, 2.05) is 0 Å². The Bertz CT molecular complexity index is 310. The molecular formula is C11H15NO3. The number of amides is 1. The van der Waals surface area contributed by atoms with Gasteiger partial charge >= 0.3 is 5.97 Å². The minimum Gasteiger partial charge on any atom is -0.462 e. The van der Waals surface area contributed by atoms with E-state index in [-0.39, 0.29) is 24.5 Å². The van der Waals surface area contributed by atoms with Crippen LogP contribution in [-0.4, -0.2) is 24.5 Å². The van der Waals surface area contributed by atoms with Crippen molar-refractivity contribution < 1.29 is 14.3 Å². The Labute approximate surface area is 89.7 Å². The quantitative estimate of drug-likeness (QED) is 0.420. The van der Waals surface area contributed by atoms with Crippen LogP contribution in [0.3, 0.4) is 0 Å². The molecule has 1 N–H and O–H groups in total. The maximum absolute atomic E-state index is 11.0. The Morgan fingerprint density at radius 2 is 2.20 bits per heavy atom. The maximum atomic E-state index is 11.0. The van der Waals surface area contributed by atoms with Gasteiger partial charge in [-0.1, -0.05) is 12.0 Å². The standard InChI is InChI=1S/C11H15NO3/c1-4-6-11(14)12-9(2)7-5-8-15-10(3)13/h5,7,9H,8H2,1-3H3,(H,12,14)/b7-5+. The van der Waals surface area contributed by atoms with E-state index in [1.165, 1.54) is 6.92 Å². The summed E-state index contributed by atoms with van der Waals surface area (Å²) in [6, 6.07) is -0.131. The molecule has 0 aliphatic heterocycles. The fraction of sp³-hybridized carbons (Fsp3) is 0.455. The minimum atomic E-state index is -0.326. The highest BCUT2D eigenvalue weighted by molar-refractivity contribution is 5.93. The molecule has 0 saturated heterocycles. The molecule has 0 spiro atoms. The minimum absolute atomic E-state index is 0.131. The summed E-state index contributed by atoms with van der Waals surface area (Å²) >= 11 is 0. The first kappa shape index (κ1) is 13.2. The first-order valence-electron chi connectivity index (χ1n) is 4.59. The van der Waals surface area contributed by atoms with Crippen molar-refractivity contribution in [2.75, 3.05) is 6.61 Å². The van der Waals surface area contributed by atoms with E-state index in [4.69, 9.17) is 0 Å². The van der Waals surface area contributed by atoms with Crippen LogP contribution < -0.4 is 5.32 Å². The highest BCUT2D eigenvalue weighted by Gasteiger charge is 1.99. The highest BCUT2D eigenvalue weighted by Crippen LogP contribution is 1.86. The lowest BCUT2D eigenvalue weighted by Crippen LogP contribution is -2.29. The summed E-state index contributed by atoms with van der Waals surface area (Å²) in [4.78, 5) is 21.4.